The van der Waals surface area contributed by atoms with Crippen molar-refractivity contribution < 1.29 is 9.53 Å². The minimum Gasteiger partial charge on any atom is -0.497 e. The molecule has 0 aliphatic carbocycles. The summed E-state index contributed by atoms with van der Waals surface area (Å²) >= 11 is 0. The third-order valence-corrected chi connectivity index (χ3v) is 7.02. The van der Waals surface area contributed by atoms with Crippen molar-refractivity contribution in [1.82, 2.24) is 14.3 Å². The van der Waals surface area contributed by atoms with Crippen LogP contribution in [0.4, 0.5) is 5.69 Å². The second kappa shape index (κ2) is 9.82. The Balaban J connectivity index is 1.39. The van der Waals surface area contributed by atoms with Gasteiger partial charge in [0.1, 0.15) is 11.4 Å². The molecule has 3 heterocycles. The van der Waals surface area contributed by atoms with Gasteiger partial charge >= 0.3 is 0 Å². The summed E-state index contributed by atoms with van der Waals surface area (Å²) in [5.41, 5.74) is 6.66. The lowest BCUT2D eigenvalue weighted by atomic mass is 9.91. The standard InChI is InChI=1S/C29H32N4O2/c1-21-11-12-33-27(20-30-28(33)17-21)25(23-8-6-9-24(18-23)35-3)19-29(34)32-15-13-31(14-16-32)26-10-5-4-7-22(26)2/h4-12,17-18,20,25H,13-16,19H2,1-3H3. The summed E-state index contributed by atoms with van der Waals surface area (Å²) in [4.78, 5) is 22.6. The molecular formula is C29H32N4O2. The first-order valence-electron chi connectivity index (χ1n) is 12.2. The van der Waals surface area contributed by atoms with Gasteiger partial charge in [0.2, 0.25) is 5.91 Å². The van der Waals surface area contributed by atoms with Crippen LogP contribution in [0.1, 0.15) is 34.7 Å². The quantitative estimate of drug-likeness (QED) is 0.407. The van der Waals surface area contributed by atoms with Crippen molar-refractivity contribution in [3.63, 3.8) is 0 Å². The van der Waals surface area contributed by atoms with Crippen LogP contribution in [0.2, 0.25) is 0 Å². The van der Waals surface area contributed by atoms with Gasteiger partial charge in [-0.1, -0.05) is 30.3 Å². The zero-order valence-corrected chi connectivity index (χ0v) is 20.6. The lowest BCUT2D eigenvalue weighted by Crippen LogP contribution is -2.49. The third-order valence-electron chi connectivity index (χ3n) is 7.02. The highest BCUT2D eigenvalue weighted by atomic mass is 16.5. The molecule has 1 saturated heterocycles. The second-order valence-electron chi connectivity index (χ2n) is 9.30. The van der Waals surface area contributed by atoms with Crippen molar-refractivity contribution in [1.29, 1.82) is 0 Å². The lowest BCUT2D eigenvalue weighted by Gasteiger charge is -2.37. The molecule has 1 aliphatic rings. The van der Waals surface area contributed by atoms with Gasteiger partial charge in [0.25, 0.3) is 0 Å². The molecule has 1 atom stereocenters. The number of pyridine rings is 1. The summed E-state index contributed by atoms with van der Waals surface area (Å²) in [6.45, 7) is 7.34. The molecule has 0 saturated carbocycles. The van der Waals surface area contributed by atoms with Crippen LogP contribution < -0.4 is 9.64 Å². The highest BCUT2D eigenvalue weighted by Gasteiger charge is 2.27. The van der Waals surface area contributed by atoms with Gasteiger partial charge < -0.3 is 18.9 Å². The molecule has 1 unspecified atom stereocenters. The fourth-order valence-electron chi connectivity index (χ4n) is 5.03. The first-order chi connectivity index (χ1) is 17.0. The number of hydrogen-bond donors (Lipinski definition) is 0. The largest absolute Gasteiger partial charge is 0.497 e. The summed E-state index contributed by atoms with van der Waals surface area (Å²) in [6.07, 6.45) is 4.34. The SMILES string of the molecule is COc1cccc(C(CC(=O)N2CCN(c3ccccc3C)CC2)c2cnc3cc(C)ccn23)c1. The van der Waals surface area contributed by atoms with Crippen molar-refractivity contribution in [2.75, 3.05) is 38.2 Å². The summed E-state index contributed by atoms with van der Waals surface area (Å²) in [5, 5.41) is 0. The molecule has 180 valence electrons. The number of fused-ring (bicyclic) bond motifs is 1. The Morgan fingerprint density at radius 3 is 2.57 bits per heavy atom. The Hall–Kier alpha value is -3.80. The van der Waals surface area contributed by atoms with Crippen molar-refractivity contribution in [3.05, 3.63) is 95.4 Å². The molecule has 2 aromatic carbocycles. The molecule has 0 bridgehead atoms. The molecule has 6 heteroatoms. The number of methoxy groups -OCH3 is 1. The number of rotatable bonds is 6. The van der Waals surface area contributed by atoms with Gasteiger partial charge in [-0.25, -0.2) is 4.98 Å². The van der Waals surface area contributed by atoms with Crippen LogP contribution in [0.3, 0.4) is 0 Å². The molecule has 6 nitrogen and oxygen atoms in total. The Kier molecular flexibility index (Phi) is 6.45. The summed E-state index contributed by atoms with van der Waals surface area (Å²) in [6, 6.07) is 20.6. The third kappa shape index (κ3) is 4.74. The van der Waals surface area contributed by atoms with E-state index in [2.05, 4.69) is 70.6 Å². The highest BCUT2D eigenvalue weighted by molar-refractivity contribution is 5.78. The van der Waals surface area contributed by atoms with E-state index in [1.165, 1.54) is 11.3 Å². The number of aryl methyl sites for hydroxylation is 2. The fraction of sp³-hybridized carbons (Fsp3) is 0.310. The van der Waals surface area contributed by atoms with Crippen LogP contribution in [0.5, 0.6) is 5.75 Å². The number of aromatic nitrogens is 2. The summed E-state index contributed by atoms with van der Waals surface area (Å²) in [7, 11) is 1.67. The predicted octanol–water partition coefficient (Wildman–Crippen LogP) is 4.83. The molecule has 1 amide bonds. The summed E-state index contributed by atoms with van der Waals surface area (Å²) in [5.74, 6) is 0.838. The van der Waals surface area contributed by atoms with Gasteiger partial charge in [-0.05, 0) is 60.9 Å². The van der Waals surface area contributed by atoms with Gasteiger partial charge in [0.05, 0.1) is 12.8 Å². The maximum atomic E-state index is 13.6. The molecular weight excluding hydrogens is 436 g/mol. The zero-order valence-electron chi connectivity index (χ0n) is 20.6. The number of carbonyl (C=O) groups is 1. The van der Waals surface area contributed by atoms with E-state index in [-0.39, 0.29) is 11.8 Å². The Labute approximate surface area is 206 Å². The average Bonchev–Trinajstić information content (AvgIpc) is 3.30. The number of imidazole rings is 1. The van der Waals surface area contributed by atoms with Crippen LogP contribution in [-0.2, 0) is 4.79 Å². The van der Waals surface area contributed by atoms with E-state index in [0.717, 1.165) is 54.4 Å². The normalized spacial score (nSPS) is 14.8. The number of carbonyl (C=O) groups excluding carboxylic acids is 1. The van der Waals surface area contributed by atoms with Gasteiger partial charge in [-0.3, -0.25) is 4.79 Å². The molecule has 1 aliphatic heterocycles. The highest BCUT2D eigenvalue weighted by Crippen LogP contribution is 2.32. The van der Waals surface area contributed by atoms with Crippen molar-refractivity contribution in [2.24, 2.45) is 0 Å². The van der Waals surface area contributed by atoms with E-state index in [1.54, 1.807) is 7.11 Å². The molecule has 1 fully saturated rings. The van der Waals surface area contributed by atoms with Crippen LogP contribution in [0, 0.1) is 13.8 Å². The van der Waals surface area contributed by atoms with Gasteiger partial charge in [-0.2, -0.15) is 0 Å². The monoisotopic (exact) mass is 468 g/mol. The molecule has 2 aromatic heterocycles. The van der Waals surface area contributed by atoms with Crippen molar-refractivity contribution in [2.45, 2.75) is 26.2 Å². The molecule has 0 spiro atoms. The van der Waals surface area contributed by atoms with Gasteiger partial charge in [0.15, 0.2) is 0 Å². The number of amides is 1. The maximum Gasteiger partial charge on any atom is 0.223 e. The molecule has 0 N–H and O–H groups in total. The fourth-order valence-corrected chi connectivity index (χ4v) is 5.03. The van der Waals surface area contributed by atoms with Crippen LogP contribution in [0.15, 0.2) is 73.1 Å². The molecule has 5 rings (SSSR count). The van der Waals surface area contributed by atoms with E-state index in [1.807, 2.05) is 35.5 Å². The Morgan fingerprint density at radius 1 is 1.00 bits per heavy atom. The lowest BCUT2D eigenvalue weighted by molar-refractivity contribution is -0.131. The topological polar surface area (TPSA) is 50.1 Å². The smallest absolute Gasteiger partial charge is 0.223 e. The van der Waals surface area contributed by atoms with Crippen LogP contribution >= 0.6 is 0 Å². The molecule has 35 heavy (non-hydrogen) atoms. The van der Waals surface area contributed by atoms with E-state index in [0.29, 0.717) is 6.42 Å². The molecule has 0 radical (unpaired) electrons. The van der Waals surface area contributed by atoms with Crippen LogP contribution in [-0.4, -0.2) is 53.5 Å². The van der Waals surface area contributed by atoms with Crippen LogP contribution in [0.25, 0.3) is 5.65 Å². The maximum absolute atomic E-state index is 13.6. The van der Waals surface area contributed by atoms with E-state index in [4.69, 9.17) is 4.74 Å². The second-order valence-corrected chi connectivity index (χ2v) is 9.30. The van der Waals surface area contributed by atoms with E-state index >= 15 is 0 Å². The number of ether oxygens (including phenoxy) is 1. The Bertz CT molecular complexity index is 1340. The Morgan fingerprint density at radius 2 is 1.80 bits per heavy atom. The molecule has 4 aromatic rings. The number of benzene rings is 2. The first kappa shape index (κ1) is 23.0. The number of para-hydroxylation sites is 1. The zero-order chi connectivity index (χ0) is 24.4. The number of hydrogen-bond acceptors (Lipinski definition) is 4. The van der Waals surface area contributed by atoms with Crippen molar-refractivity contribution >= 4 is 17.2 Å². The van der Waals surface area contributed by atoms with Gasteiger partial charge in [0, 0.05) is 56.6 Å². The van der Waals surface area contributed by atoms with Gasteiger partial charge in [-0.15, -0.1) is 0 Å². The average molecular weight is 469 g/mol. The van der Waals surface area contributed by atoms with E-state index in [9.17, 15) is 4.79 Å². The minimum atomic E-state index is -0.121. The summed E-state index contributed by atoms with van der Waals surface area (Å²) < 4.78 is 7.58. The number of anilines is 1. The van der Waals surface area contributed by atoms with E-state index < -0.39 is 0 Å². The van der Waals surface area contributed by atoms with Crippen molar-refractivity contribution in [3.8, 4) is 5.75 Å². The predicted molar refractivity (Wildman–Crippen MR) is 139 cm³/mol. The minimum absolute atomic E-state index is 0.121. The first-order valence-corrected chi connectivity index (χ1v) is 12.2. The number of nitrogens with zero attached hydrogens (tertiary/aromatic N) is 4. The number of piperazine rings is 1.